The molecule has 0 fully saturated rings. The van der Waals surface area contributed by atoms with Crippen molar-refractivity contribution in [2.24, 2.45) is 11.3 Å². The Bertz CT molecular complexity index is 870. The van der Waals surface area contributed by atoms with Crippen LogP contribution in [0.25, 0.3) is 0 Å². The Morgan fingerprint density at radius 1 is 1.33 bits per heavy atom. The summed E-state index contributed by atoms with van der Waals surface area (Å²) >= 11 is 0. The summed E-state index contributed by atoms with van der Waals surface area (Å²) in [5.41, 5.74) is 0.863. The number of aromatic nitrogens is 1. The lowest BCUT2D eigenvalue weighted by Gasteiger charge is -2.29. The van der Waals surface area contributed by atoms with Crippen LogP contribution in [-0.2, 0) is 4.79 Å². The molecule has 2 heterocycles. The number of hydrogen-bond donors (Lipinski definition) is 1. The van der Waals surface area contributed by atoms with E-state index in [2.05, 4.69) is 24.3 Å². The lowest BCUT2D eigenvalue weighted by atomic mass is 9.92. The summed E-state index contributed by atoms with van der Waals surface area (Å²) in [6.07, 6.45) is 0. The van der Waals surface area contributed by atoms with E-state index in [0.717, 1.165) is 5.69 Å². The first-order valence-electron chi connectivity index (χ1n) is 9.01. The van der Waals surface area contributed by atoms with Crippen LogP contribution in [0.3, 0.4) is 0 Å². The largest absolute Gasteiger partial charge is 0.490 e. The maximum absolute atomic E-state index is 13.0. The summed E-state index contributed by atoms with van der Waals surface area (Å²) in [4.78, 5) is 27.0. The van der Waals surface area contributed by atoms with E-state index in [9.17, 15) is 9.59 Å². The molecule has 0 saturated carbocycles. The van der Waals surface area contributed by atoms with E-state index >= 15 is 0 Å². The molecule has 0 saturated heterocycles. The molecule has 7 heteroatoms. The average molecular weight is 371 g/mol. The smallest absolute Gasteiger partial charge is 0.277 e. The number of benzene rings is 1. The van der Waals surface area contributed by atoms with Gasteiger partial charge in [-0.15, -0.1) is 0 Å². The van der Waals surface area contributed by atoms with Crippen LogP contribution in [0.1, 0.15) is 43.9 Å². The monoisotopic (exact) mass is 371 g/mol. The highest BCUT2D eigenvalue weighted by Crippen LogP contribution is 2.38. The van der Waals surface area contributed by atoms with Gasteiger partial charge in [0.2, 0.25) is 5.91 Å². The van der Waals surface area contributed by atoms with Crippen LogP contribution in [0.2, 0.25) is 0 Å². The van der Waals surface area contributed by atoms with Crippen molar-refractivity contribution in [1.29, 1.82) is 0 Å². The minimum absolute atomic E-state index is 0.0322. The van der Waals surface area contributed by atoms with Gasteiger partial charge in [0.15, 0.2) is 5.69 Å². The highest BCUT2D eigenvalue weighted by molar-refractivity contribution is 6.04. The van der Waals surface area contributed by atoms with Crippen LogP contribution in [0.4, 0.5) is 11.4 Å². The fourth-order valence-electron chi connectivity index (χ4n) is 2.94. The molecule has 1 aliphatic heterocycles. The molecule has 1 aromatic carbocycles. The summed E-state index contributed by atoms with van der Waals surface area (Å²) in [5.74, 6) is 1.12. The van der Waals surface area contributed by atoms with E-state index in [1.165, 1.54) is 0 Å². The topological polar surface area (TPSA) is 84.7 Å². The highest BCUT2D eigenvalue weighted by atomic mass is 16.5. The van der Waals surface area contributed by atoms with Crippen LogP contribution < -0.4 is 15.0 Å². The fourth-order valence-corrected chi connectivity index (χ4v) is 2.94. The molecule has 0 unspecified atom stereocenters. The number of carbonyl (C=O) groups is 2. The summed E-state index contributed by atoms with van der Waals surface area (Å²) in [7, 11) is 0. The molecule has 144 valence electrons. The van der Waals surface area contributed by atoms with Crippen LogP contribution >= 0.6 is 0 Å². The summed E-state index contributed by atoms with van der Waals surface area (Å²) in [6.45, 7) is 10.5. The predicted molar refractivity (Wildman–Crippen MR) is 102 cm³/mol. The third kappa shape index (κ3) is 3.97. The van der Waals surface area contributed by atoms with Crippen LogP contribution in [-0.4, -0.2) is 30.1 Å². The minimum Gasteiger partial charge on any atom is -0.490 e. The van der Waals surface area contributed by atoms with Gasteiger partial charge >= 0.3 is 0 Å². The lowest BCUT2D eigenvalue weighted by Crippen LogP contribution is -2.43. The third-order valence-corrected chi connectivity index (χ3v) is 4.33. The van der Waals surface area contributed by atoms with Crippen molar-refractivity contribution >= 4 is 23.2 Å². The number of nitrogens with one attached hydrogen (secondary N) is 1. The molecule has 0 aliphatic carbocycles. The highest BCUT2D eigenvalue weighted by Gasteiger charge is 2.38. The van der Waals surface area contributed by atoms with E-state index in [1.807, 2.05) is 13.8 Å². The van der Waals surface area contributed by atoms with Crippen molar-refractivity contribution in [3.63, 3.8) is 0 Å². The maximum atomic E-state index is 13.0. The molecule has 0 radical (unpaired) electrons. The second-order valence-corrected chi connectivity index (χ2v) is 7.94. The molecular weight excluding hydrogens is 346 g/mol. The van der Waals surface area contributed by atoms with E-state index in [4.69, 9.17) is 9.26 Å². The van der Waals surface area contributed by atoms with Gasteiger partial charge in [-0.25, -0.2) is 0 Å². The van der Waals surface area contributed by atoms with Crippen LogP contribution in [0.15, 0.2) is 28.8 Å². The zero-order valence-electron chi connectivity index (χ0n) is 16.3. The van der Waals surface area contributed by atoms with Crippen molar-refractivity contribution < 1.29 is 18.8 Å². The molecule has 1 N–H and O–H groups in total. The van der Waals surface area contributed by atoms with Gasteiger partial charge in [0.25, 0.3) is 5.91 Å². The quantitative estimate of drug-likeness (QED) is 0.887. The number of nitrogens with zero attached hydrogens (tertiary/aromatic N) is 2. The fraction of sp³-hybridized carbons (Fsp3) is 0.450. The van der Waals surface area contributed by atoms with E-state index < -0.39 is 5.41 Å². The lowest BCUT2D eigenvalue weighted by molar-refractivity contribution is -0.127. The Labute approximate surface area is 158 Å². The molecule has 2 amide bonds. The Morgan fingerprint density at radius 2 is 2.07 bits per heavy atom. The molecule has 1 aliphatic rings. The number of anilines is 2. The van der Waals surface area contributed by atoms with Crippen LogP contribution in [0.5, 0.6) is 5.75 Å². The maximum Gasteiger partial charge on any atom is 0.277 e. The normalized spacial score (nSPS) is 15.9. The summed E-state index contributed by atoms with van der Waals surface area (Å²) in [6, 6.07) is 6.87. The number of hydrogen-bond acceptors (Lipinski definition) is 5. The first-order valence-corrected chi connectivity index (χ1v) is 9.01. The summed E-state index contributed by atoms with van der Waals surface area (Å²) in [5, 5.41) is 6.50. The van der Waals surface area contributed by atoms with Crippen molar-refractivity contribution in [3.05, 3.63) is 35.7 Å². The number of rotatable bonds is 4. The van der Waals surface area contributed by atoms with E-state index in [-0.39, 0.29) is 24.1 Å². The van der Waals surface area contributed by atoms with Gasteiger partial charge in [0, 0.05) is 24.4 Å². The van der Waals surface area contributed by atoms with Gasteiger partial charge in [-0.05, 0) is 38.8 Å². The van der Waals surface area contributed by atoms with Gasteiger partial charge in [-0.3, -0.25) is 9.59 Å². The van der Waals surface area contributed by atoms with Crippen molar-refractivity contribution in [2.75, 3.05) is 23.4 Å². The second kappa shape index (κ2) is 7.06. The van der Waals surface area contributed by atoms with Crippen LogP contribution in [0, 0.1) is 18.3 Å². The number of fused-ring (bicyclic) bond motifs is 1. The SMILES string of the molecule is Cc1cc(C(=O)Nc2ccc3c(c2)OCC(C)(C)C(=O)N3CC(C)C)no1. The minimum atomic E-state index is -0.629. The molecule has 0 spiro atoms. The zero-order valence-corrected chi connectivity index (χ0v) is 16.3. The van der Waals surface area contributed by atoms with Gasteiger partial charge in [0.05, 0.1) is 11.1 Å². The number of carbonyl (C=O) groups excluding carboxylic acids is 2. The van der Waals surface area contributed by atoms with Crippen molar-refractivity contribution in [2.45, 2.75) is 34.6 Å². The molecule has 0 atom stereocenters. The van der Waals surface area contributed by atoms with Gasteiger partial charge < -0.3 is 19.5 Å². The Morgan fingerprint density at radius 3 is 2.70 bits per heavy atom. The molecule has 2 aromatic rings. The first kappa shape index (κ1) is 18.9. The average Bonchev–Trinajstić information content (AvgIpc) is 3.01. The Balaban J connectivity index is 1.90. The standard InChI is InChI=1S/C20H25N3O4/c1-12(2)10-23-16-7-6-14(21-18(24)15-8-13(3)27-22-15)9-17(16)26-11-20(4,5)19(23)25/h6-9,12H,10-11H2,1-5H3,(H,21,24). The zero-order chi connectivity index (χ0) is 19.8. The van der Waals surface area contributed by atoms with E-state index in [1.54, 1.807) is 36.1 Å². The molecule has 1 aromatic heterocycles. The molecule has 3 rings (SSSR count). The third-order valence-electron chi connectivity index (χ3n) is 4.33. The first-order chi connectivity index (χ1) is 12.7. The molecular formula is C20H25N3O4. The van der Waals surface area contributed by atoms with Gasteiger partial charge in [-0.1, -0.05) is 19.0 Å². The number of ether oxygens (including phenoxy) is 1. The number of aryl methyl sites for hydroxylation is 1. The number of amides is 2. The Kier molecular flexibility index (Phi) is 4.95. The van der Waals surface area contributed by atoms with E-state index in [0.29, 0.717) is 29.7 Å². The predicted octanol–water partition coefficient (Wildman–Crippen LogP) is 3.64. The molecule has 7 nitrogen and oxygen atoms in total. The van der Waals surface area contributed by atoms with Crippen molar-refractivity contribution in [3.8, 4) is 5.75 Å². The van der Waals surface area contributed by atoms with Gasteiger partial charge in [-0.2, -0.15) is 0 Å². The van der Waals surface area contributed by atoms with Gasteiger partial charge in [0.1, 0.15) is 18.1 Å². The Hall–Kier alpha value is -2.83. The molecule has 27 heavy (non-hydrogen) atoms. The summed E-state index contributed by atoms with van der Waals surface area (Å²) < 4.78 is 10.9. The second-order valence-electron chi connectivity index (χ2n) is 7.94. The van der Waals surface area contributed by atoms with Crippen molar-refractivity contribution in [1.82, 2.24) is 5.16 Å². The molecule has 0 bridgehead atoms.